The molecule has 0 aliphatic heterocycles. The van der Waals surface area contributed by atoms with E-state index in [4.69, 9.17) is 5.73 Å². The second kappa shape index (κ2) is 3.67. The van der Waals surface area contributed by atoms with E-state index >= 15 is 0 Å². The second-order valence-electron chi connectivity index (χ2n) is 2.46. The zero-order valence-corrected chi connectivity index (χ0v) is 6.82. The number of ketones is 1. The van der Waals surface area contributed by atoms with Crippen LogP contribution in [0.3, 0.4) is 0 Å². The van der Waals surface area contributed by atoms with E-state index in [9.17, 15) is 4.79 Å². The molecule has 0 fully saturated rings. The molecule has 0 aliphatic carbocycles. The van der Waals surface area contributed by atoms with Crippen LogP contribution >= 0.6 is 0 Å². The molecule has 62 valence electrons. The Labute approximate surface area is 70.9 Å². The molecule has 0 spiro atoms. The smallest absolute Gasteiger partial charge is 0.152 e. The lowest BCUT2D eigenvalue weighted by molar-refractivity contribution is -0.112. The largest absolute Gasteiger partial charge is 0.384 e. The van der Waals surface area contributed by atoms with Crippen molar-refractivity contribution in [1.82, 2.24) is 4.98 Å². The number of nitrogens with zero attached hydrogens (tertiary/aromatic N) is 1. The Kier molecular flexibility index (Phi) is 2.58. The van der Waals surface area contributed by atoms with Crippen LogP contribution in [-0.4, -0.2) is 10.8 Å². The molecule has 0 bridgehead atoms. The number of nitrogens with two attached hydrogens (primary N) is 1. The molecule has 3 nitrogen and oxygen atoms in total. The van der Waals surface area contributed by atoms with E-state index in [1.165, 1.54) is 13.0 Å². The van der Waals surface area contributed by atoms with Crippen LogP contribution < -0.4 is 5.73 Å². The van der Waals surface area contributed by atoms with Crippen molar-refractivity contribution >= 4 is 17.7 Å². The molecule has 1 aromatic heterocycles. The van der Waals surface area contributed by atoms with Crippen molar-refractivity contribution < 1.29 is 4.79 Å². The highest BCUT2D eigenvalue weighted by atomic mass is 16.1. The fraction of sp³-hybridized carbons (Fsp3) is 0.111. The maximum atomic E-state index is 10.6. The minimum Gasteiger partial charge on any atom is -0.384 e. The number of hydrogen-bond acceptors (Lipinski definition) is 3. The van der Waals surface area contributed by atoms with Crippen LogP contribution in [0.2, 0.25) is 0 Å². The van der Waals surface area contributed by atoms with Crippen molar-refractivity contribution in [3.8, 4) is 0 Å². The molecule has 0 unspecified atom stereocenters. The summed E-state index contributed by atoms with van der Waals surface area (Å²) in [6.45, 7) is 1.50. The van der Waals surface area contributed by atoms with Gasteiger partial charge < -0.3 is 5.73 Å². The van der Waals surface area contributed by atoms with Gasteiger partial charge in [-0.05, 0) is 36.8 Å². The molecule has 1 heterocycles. The number of nitrogen functional groups attached to an aromatic ring is 1. The Bertz CT molecular complexity index is 301. The predicted octanol–water partition coefficient (Wildman–Crippen LogP) is 1.27. The van der Waals surface area contributed by atoms with Gasteiger partial charge in [-0.3, -0.25) is 4.79 Å². The summed E-state index contributed by atoms with van der Waals surface area (Å²) in [5.74, 6) is 0.502. The molecule has 0 radical (unpaired) electrons. The van der Waals surface area contributed by atoms with Gasteiger partial charge in [-0.15, -0.1) is 0 Å². The minimum atomic E-state index is 0.0202. The van der Waals surface area contributed by atoms with E-state index in [2.05, 4.69) is 4.98 Å². The van der Waals surface area contributed by atoms with Crippen LogP contribution in [0.1, 0.15) is 12.5 Å². The lowest BCUT2D eigenvalue weighted by Gasteiger charge is -1.92. The van der Waals surface area contributed by atoms with E-state index in [0.29, 0.717) is 5.82 Å². The highest BCUT2D eigenvalue weighted by Gasteiger charge is 1.88. The van der Waals surface area contributed by atoms with Crippen molar-refractivity contribution in [2.24, 2.45) is 0 Å². The molecule has 1 rings (SSSR count). The number of aromatic nitrogens is 1. The molecule has 2 N–H and O–H groups in total. The molecule has 0 saturated carbocycles. The Morgan fingerprint density at radius 3 is 2.83 bits per heavy atom. The number of pyridine rings is 1. The first-order chi connectivity index (χ1) is 5.68. The van der Waals surface area contributed by atoms with Gasteiger partial charge in [0.2, 0.25) is 0 Å². The van der Waals surface area contributed by atoms with Crippen LogP contribution in [0, 0.1) is 0 Å². The third-order valence-corrected chi connectivity index (χ3v) is 1.32. The second-order valence-corrected chi connectivity index (χ2v) is 2.46. The van der Waals surface area contributed by atoms with E-state index in [1.807, 2.05) is 6.07 Å². The van der Waals surface area contributed by atoms with Gasteiger partial charge in [0.1, 0.15) is 5.82 Å². The van der Waals surface area contributed by atoms with Crippen molar-refractivity contribution in [3.63, 3.8) is 0 Å². The normalized spacial score (nSPS) is 10.4. The van der Waals surface area contributed by atoms with Gasteiger partial charge in [0, 0.05) is 6.20 Å². The van der Waals surface area contributed by atoms with Crippen molar-refractivity contribution in [2.75, 3.05) is 5.73 Å². The van der Waals surface area contributed by atoms with Gasteiger partial charge in [0.25, 0.3) is 0 Å². The Hall–Kier alpha value is -1.64. The monoisotopic (exact) mass is 162 g/mol. The Morgan fingerprint density at radius 2 is 2.33 bits per heavy atom. The number of anilines is 1. The fourth-order valence-electron chi connectivity index (χ4n) is 0.729. The molecule has 0 aliphatic rings. The van der Waals surface area contributed by atoms with Gasteiger partial charge in [0.05, 0.1) is 0 Å². The maximum absolute atomic E-state index is 10.6. The summed E-state index contributed by atoms with van der Waals surface area (Å²) < 4.78 is 0. The van der Waals surface area contributed by atoms with Gasteiger partial charge in [-0.1, -0.05) is 0 Å². The first-order valence-electron chi connectivity index (χ1n) is 3.58. The molecular weight excluding hydrogens is 152 g/mol. The molecule has 0 amide bonds. The van der Waals surface area contributed by atoms with E-state index in [1.54, 1.807) is 18.3 Å². The predicted molar refractivity (Wildman–Crippen MR) is 48.4 cm³/mol. The quantitative estimate of drug-likeness (QED) is 0.666. The summed E-state index contributed by atoms with van der Waals surface area (Å²) in [4.78, 5) is 14.4. The molecule has 0 aromatic carbocycles. The van der Waals surface area contributed by atoms with Crippen LogP contribution in [0.5, 0.6) is 0 Å². The molecule has 3 heteroatoms. The highest BCUT2D eigenvalue weighted by molar-refractivity contribution is 5.91. The van der Waals surface area contributed by atoms with Crippen molar-refractivity contribution in [2.45, 2.75) is 6.92 Å². The standard InChI is InChI=1S/C9H10N2O/c1-7(12)2-3-8-4-5-9(10)11-6-8/h2-6H,1H3,(H2,10,11)/b3-2+. The molecular formula is C9H10N2O. The molecule has 0 atom stereocenters. The van der Waals surface area contributed by atoms with E-state index < -0.39 is 0 Å². The van der Waals surface area contributed by atoms with Gasteiger partial charge in [-0.2, -0.15) is 0 Å². The van der Waals surface area contributed by atoms with Crippen molar-refractivity contribution in [3.05, 3.63) is 30.0 Å². The summed E-state index contributed by atoms with van der Waals surface area (Å²) >= 11 is 0. The van der Waals surface area contributed by atoms with E-state index in [0.717, 1.165) is 5.56 Å². The summed E-state index contributed by atoms with van der Waals surface area (Å²) in [7, 11) is 0. The Morgan fingerprint density at radius 1 is 1.58 bits per heavy atom. The Balaban J connectivity index is 2.77. The third-order valence-electron chi connectivity index (χ3n) is 1.32. The van der Waals surface area contributed by atoms with Gasteiger partial charge >= 0.3 is 0 Å². The SMILES string of the molecule is CC(=O)/C=C/c1ccc(N)nc1. The average Bonchev–Trinajstić information content (AvgIpc) is 2.03. The first kappa shape index (κ1) is 8.46. The first-order valence-corrected chi connectivity index (χ1v) is 3.58. The van der Waals surface area contributed by atoms with Gasteiger partial charge in [-0.25, -0.2) is 4.98 Å². The zero-order chi connectivity index (χ0) is 8.97. The third kappa shape index (κ3) is 2.54. The minimum absolute atomic E-state index is 0.0202. The highest BCUT2D eigenvalue weighted by Crippen LogP contribution is 2.02. The van der Waals surface area contributed by atoms with Crippen LogP contribution in [0.15, 0.2) is 24.4 Å². The zero-order valence-electron chi connectivity index (χ0n) is 6.82. The van der Waals surface area contributed by atoms with Crippen LogP contribution in [0.4, 0.5) is 5.82 Å². The summed E-state index contributed by atoms with van der Waals surface area (Å²) in [5, 5.41) is 0. The number of rotatable bonds is 2. The molecule has 1 aromatic rings. The molecule has 12 heavy (non-hydrogen) atoms. The summed E-state index contributed by atoms with van der Waals surface area (Å²) in [6.07, 6.45) is 4.82. The number of carbonyl (C=O) groups is 1. The van der Waals surface area contributed by atoms with Crippen molar-refractivity contribution in [1.29, 1.82) is 0 Å². The number of allylic oxidation sites excluding steroid dienone is 1. The lowest BCUT2D eigenvalue weighted by atomic mass is 10.2. The molecule has 0 saturated heterocycles. The topological polar surface area (TPSA) is 56.0 Å². The maximum Gasteiger partial charge on any atom is 0.152 e. The van der Waals surface area contributed by atoms with Crippen LogP contribution in [-0.2, 0) is 4.79 Å². The van der Waals surface area contributed by atoms with Crippen LogP contribution in [0.25, 0.3) is 6.08 Å². The van der Waals surface area contributed by atoms with E-state index in [-0.39, 0.29) is 5.78 Å². The number of hydrogen-bond donors (Lipinski definition) is 1. The lowest BCUT2D eigenvalue weighted by Crippen LogP contribution is -1.88. The number of carbonyl (C=O) groups excluding carboxylic acids is 1. The fourth-order valence-corrected chi connectivity index (χ4v) is 0.729. The summed E-state index contributed by atoms with van der Waals surface area (Å²) in [6, 6.07) is 3.50. The summed E-state index contributed by atoms with van der Waals surface area (Å²) in [5.41, 5.74) is 6.25. The van der Waals surface area contributed by atoms with Gasteiger partial charge in [0.15, 0.2) is 5.78 Å². The average molecular weight is 162 g/mol.